The molecule has 0 saturated heterocycles. The first-order chi connectivity index (χ1) is 9.10. The first kappa shape index (κ1) is 14.4. The summed E-state index contributed by atoms with van der Waals surface area (Å²) >= 11 is 9.68. The van der Waals surface area contributed by atoms with Crippen molar-refractivity contribution in [2.45, 2.75) is 13.5 Å². The highest BCUT2D eigenvalue weighted by Gasteiger charge is 2.07. The van der Waals surface area contributed by atoms with Crippen LogP contribution in [-0.4, -0.2) is 7.05 Å². The molecule has 0 amide bonds. The molecule has 1 N–H and O–H groups in total. The third kappa shape index (κ3) is 3.72. The number of ether oxygens (including phenoxy) is 1. The fourth-order valence-electron chi connectivity index (χ4n) is 1.75. The van der Waals surface area contributed by atoms with E-state index >= 15 is 0 Å². The average molecular weight is 341 g/mol. The minimum Gasteiger partial charge on any atom is -0.455 e. The van der Waals surface area contributed by atoms with Crippen molar-refractivity contribution in [3.05, 3.63) is 57.0 Å². The van der Waals surface area contributed by atoms with Crippen LogP contribution >= 0.6 is 27.5 Å². The highest BCUT2D eigenvalue weighted by atomic mass is 79.9. The van der Waals surface area contributed by atoms with Gasteiger partial charge in [-0.25, -0.2) is 0 Å². The van der Waals surface area contributed by atoms with Gasteiger partial charge in [-0.15, -0.1) is 0 Å². The summed E-state index contributed by atoms with van der Waals surface area (Å²) in [6, 6.07) is 11.7. The number of hydrogen-bond donors (Lipinski definition) is 1. The van der Waals surface area contributed by atoms with Gasteiger partial charge in [-0.05, 0) is 65.3 Å². The summed E-state index contributed by atoms with van der Waals surface area (Å²) in [6.07, 6.45) is 0. The van der Waals surface area contributed by atoms with Crippen LogP contribution in [0.3, 0.4) is 0 Å². The average Bonchev–Trinajstić information content (AvgIpc) is 2.36. The maximum Gasteiger partial charge on any atom is 0.146 e. The Kier molecular flexibility index (Phi) is 4.86. The van der Waals surface area contributed by atoms with Gasteiger partial charge in [-0.2, -0.15) is 0 Å². The van der Waals surface area contributed by atoms with Crippen LogP contribution in [-0.2, 0) is 6.54 Å². The number of benzene rings is 2. The highest BCUT2D eigenvalue weighted by Crippen LogP contribution is 2.34. The summed E-state index contributed by atoms with van der Waals surface area (Å²) in [7, 11) is 1.92. The molecule has 2 nitrogen and oxygen atoms in total. The Balaban J connectivity index is 2.23. The van der Waals surface area contributed by atoms with Crippen molar-refractivity contribution in [3.8, 4) is 11.5 Å². The van der Waals surface area contributed by atoms with Crippen LogP contribution in [0.15, 0.2) is 40.9 Å². The molecule has 19 heavy (non-hydrogen) atoms. The van der Waals surface area contributed by atoms with Crippen molar-refractivity contribution in [1.29, 1.82) is 0 Å². The second-order valence-electron chi connectivity index (χ2n) is 4.33. The first-order valence-corrected chi connectivity index (χ1v) is 7.14. The Hall–Kier alpha value is -1.03. The number of rotatable bonds is 4. The van der Waals surface area contributed by atoms with Gasteiger partial charge >= 0.3 is 0 Å². The lowest BCUT2D eigenvalue weighted by atomic mass is 10.2. The van der Waals surface area contributed by atoms with Gasteiger partial charge in [0.1, 0.15) is 11.5 Å². The summed E-state index contributed by atoms with van der Waals surface area (Å²) in [6.45, 7) is 2.82. The normalized spacial score (nSPS) is 10.5. The van der Waals surface area contributed by atoms with E-state index in [1.165, 1.54) is 5.56 Å². The van der Waals surface area contributed by atoms with Crippen molar-refractivity contribution < 1.29 is 4.74 Å². The Labute approximate surface area is 126 Å². The van der Waals surface area contributed by atoms with Gasteiger partial charge in [0.15, 0.2) is 0 Å². The molecule has 100 valence electrons. The van der Waals surface area contributed by atoms with E-state index in [1.807, 2.05) is 50.4 Å². The van der Waals surface area contributed by atoms with E-state index in [0.717, 1.165) is 22.3 Å². The predicted molar refractivity (Wildman–Crippen MR) is 83.2 cm³/mol. The Morgan fingerprint density at radius 1 is 1.16 bits per heavy atom. The van der Waals surface area contributed by atoms with E-state index in [0.29, 0.717) is 10.8 Å². The second kappa shape index (κ2) is 6.42. The van der Waals surface area contributed by atoms with Gasteiger partial charge < -0.3 is 10.1 Å². The van der Waals surface area contributed by atoms with Crippen LogP contribution < -0.4 is 10.1 Å². The summed E-state index contributed by atoms with van der Waals surface area (Å²) < 4.78 is 6.74. The topological polar surface area (TPSA) is 21.3 Å². The van der Waals surface area contributed by atoms with Gasteiger partial charge in [0.2, 0.25) is 0 Å². The van der Waals surface area contributed by atoms with Gasteiger partial charge in [0.25, 0.3) is 0 Å². The quantitative estimate of drug-likeness (QED) is 0.852. The monoisotopic (exact) mass is 339 g/mol. The molecule has 0 fully saturated rings. The van der Waals surface area contributed by atoms with Crippen LogP contribution in [0.4, 0.5) is 0 Å². The molecule has 2 rings (SSSR count). The SMILES string of the molecule is CNCc1ccc(Oc2ccc(C)cc2Cl)c(Br)c1. The van der Waals surface area contributed by atoms with Crippen LogP contribution in [0, 0.1) is 6.92 Å². The summed E-state index contributed by atoms with van der Waals surface area (Å²) in [4.78, 5) is 0. The molecule has 0 aliphatic carbocycles. The molecule has 0 saturated carbocycles. The van der Waals surface area contributed by atoms with E-state index in [-0.39, 0.29) is 0 Å². The number of nitrogens with one attached hydrogen (secondary N) is 1. The van der Waals surface area contributed by atoms with Gasteiger partial charge in [0.05, 0.1) is 9.50 Å². The predicted octanol–water partition coefficient (Wildman–Crippen LogP) is 4.92. The molecule has 0 unspecified atom stereocenters. The highest BCUT2D eigenvalue weighted by molar-refractivity contribution is 9.10. The largest absolute Gasteiger partial charge is 0.455 e. The Bertz CT molecular complexity index is 586. The van der Waals surface area contributed by atoms with Crippen molar-refractivity contribution in [2.24, 2.45) is 0 Å². The molecule has 0 aliphatic heterocycles. The van der Waals surface area contributed by atoms with Crippen LogP contribution in [0.2, 0.25) is 5.02 Å². The summed E-state index contributed by atoms with van der Waals surface area (Å²) in [5.41, 5.74) is 2.30. The van der Waals surface area contributed by atoms with Crippen molar-refractivity contribution in [1.82, 2.24) is 5.32 Å². The third-order valence-electron chi connectivity index (χ3n) is 2.68. The smallest absolute Gasteiger partial charge is 0.146 e. The zero-order valence-electron chi connectivity index (χ0n) is 10.8. The molecule has 0 heterocycles. The lowest BCUT2D eigenvalue weighted by molar-refractivity contribution is 0.479. The maximum absolute atomic E-state index is 6.16. The Morgan fingerprint density at radius 3 is 2.53 bits per heavy atom. The zero-order chi connectivity index (χ0) is 13.8. The molecule has 0 bridgehead atoms. The van der Waals surface area contributed by atoms with Crippen molar-refractivity contribution in [3.63, 3.8) is 0 Å². The second-order valence-corrected chi connectivity index (χ2v) is 5.59. The summed E-state index contributed by atoms with van der Waals surface area (Å²) in [5, 5.41) is 3.73. The van der Waals surface area contributed by atoms with E-state index in [1.54, 1.807) is 0 Å². The maximum atomic E-state index is 6.16. The van der Waals surface area contributed by atoms with Gasteiger partial charge in [-0.1, -0.05) is 23.7 Å². The fraction of sp³-hybridized carbons (Fsp3) is 0.200. The fourth-order valence-corrected chi connectivity index (χ4v) is 2.53. The van der Waals surface area contributed by atoms with Crippen LogP contribution in [0.1, 0.15) is 11.1 Å². The minimum atomic E-state index is 0.617. The van der Waals surface area contributed by atoms with Crippen molar-refractivity contribution >= 4 is 27.5 Å². The molecular weight excluding hydrogens is 326 g/mol. The van der Waals surface area contributed by atoms with Crippen molar-refractivity contribution in [2.75, 3.05) is 7.05 Å². The van der Waals surface area contributed by atoms with Crippen LogP contribution in [0.25, 0.3) is 0 Å². The van der Waals surface area contributed by atoms with E-state index in [2.05, 4.69) is 21.2 Å². The van der Waals surface area contributed by atoms with E-state index in [4.69, 9.17) is 16.3 Å². The molecule has 2 aromatic rings. The molecule has 0 radical (unpaired) electrons. The number of hydrogen-bond acceptors (Lipinski definition) is 2. The third-order valence-corrected chi connectivity index (χ3v) is 3.60. The zero-order valence-corrected chi connectivity index (χ0v) is 13.2. The Morgan fingerprint density at radius 2 is 1.89 bits per heavy atom. The summed E-state index contributed by atoms with van der Waals surface area (Å²) in [5.74, 6) is 1.42. The molecule has 0 atom stereocenters. The molecule has 0 aliphatic rings. The van der Waals surface area contributed by atoms with Gasteiger partial charge in [0, 0.05) is 6.54 Å². The lowest BCUT2D eigenvalue weighted by Crippen LogP contribution is -2.04. The molecule has 0 aromatic heterocycles. The minimum absolute atomic E-state index is 0.617. The number of aryl methyl sites for hydroxylation is 1. The van der Waals surface area contributed by atoms with E-state index in [9.17, 15) is 0 Å². The van der Waals surface area contributed by atoms with Crippen LogP contribution in [0.5, 0.6) is 11.5 Å². The van der Waals surface area contributed by atoms with Gasteiger partial charge in [-0.3, -0.25) is 0 Å². The number of halogens is 2. The van der Waals surface area contributed by atoms with E-state index < -0.39 is 0 Å². The standard InChI is InChI=1S/C15H15BrClNO/c1-10-3-5-15(13(17)7-10)19-14-6-4-11(9-18-2)8-12(14)16/h3-8,18H,9H2,1-2H3. The molecule has 2 aromatic carbocycles. The lowest BCUT2D eigenvalue weighted by Gasteiger charge is -2.11. The molecule has 0 spiro atoms. The first-order valence-electron chi connectivity index (χ1n) is 5.97. The molecule has 4 heteroatoms. The molecular formula is C15H15BrClNO.